The number of likely N-dealkylation sites (N-methyl/N-ethyl adjacent to an activating group) is 1. The molecule has 132 valence electrons. The number of benzene rings is 1. The molecule has 2 heterocycles. The summed E-state index contributed by atoms with van der Waals surface area (Å²) >= 11 is 0. The maximum absolute atomic E-state index is 13.7. The molecule has 1 aromatic carbocycles. The van der Waals surface area contributed by atoms with Crippen molar-refractivity contribution >= 4 is 17.4 Å². The maximum atomic E-state index is 13.7. The third-order valence-corrected chi connectivity index (χ3v) is 4.00. The van der Waals surface area contributed by atoms with Gasteiger partial charge in [0.1, 0.15) is 11.6 Å². The Bertz CT molecular complexity index is 868. The molecule has 0 saturated heterocycles. The van der Waals surface area contributed by atoms with Gasteiger partial charge in [-0.15, -0.1) is 0 Å². The number of hydrogen-bond donors (Lipinski definition) is 1. The SMILES string of the molecule is CN(CCc1ccncc1)c1ccc(NC(=O)c2ccccc2F)cn1. The lowest BCUT2D eigenvalue weighted by Crippen LogP contribution is -2.21. The molecular formula is C20H19FN4O. The van der Waals surface area contributed by atoms with Crippen LogP contribution in [0.2, 0.25) is 0 Å². The van der Waals surface area contributed by atoms with E-state index in [0.29, 0.717) is 5.69 Å². The predicted molar refractivity (Wildman–Crippen MR) is 99.8 cm³/mol. The smallest absolute Gasteiger partial charge is 0.258 e. The van der Waals surface area contributed by atoms with E-state index in [9.17, 15) is 9.18 Å². The second-order valence-corrected chi connectivity index (χ2v) is 5.87. The maximum Gasteiger partial charge on any atom is 0.258 e. The summed E-state index contributed by atoms with van der Waals surface area (Å²) in [5.74, 6) is -0.253. The van der Waals surface area contributed by atoms with Crippen molar-refractivity contribution in [3.8, 4) is 0 Å². The van der Waals surface area contributed by atoms with Gasteiger partial charge in [0.25, 0.3) is 5.91 Å². The second-order valence-electron chi connectivity index (χ2n) is 5.87. The van der Waals surface area contributed by atoms with E-state index in [2.05, 4.69) is 15.3 Å². The zero-order valence-corrected chi connectivity index (χ0v) is 14.4. The zero-order valence-electron chi connectivity index (χ0n) is 14.4. The zero-order chi connectivity index (χ0) is 18.4. The van der Waals surface area contributed by atoms with Crippen molar-refractivity contribution < 1.29 is 9.18 Å². The standard InChI is InChI=1S/C20H19FN4O/c1-25(13-10-15-8-11-22-12-9-15)19-7-6-16(14-23-19)24-20(26)17-4-2-3-5-18(17)21/h2-9,11-12,14H,10,13H2,1H3,(H,24,26). The number of rotatable bonds is 6. The van der Waals surface area contributed by atoms with Crippen molar-refractivity contribution in [3.05, 3.63) is 84.1 Å². The highest BCUT2D eigenvalue weighted by Crippen LogP contribution is 2.15. The van der Waals surface area contributed by atoms with Crippen LogP contribution in [0.25, 0.3) is 0 Å². The van der Waals surface area contributed by atoms with Gasteiger partial charge in [-0.05, 0) is 48.4 Å². The van der Waals surface area contributed by atoms with Gasteiger partial charge >= 0.3 is 0 Å². The van der Waals surface area contributed by atoms with E-state index in [-0.39, 0.29) is 5.56 Å². The largest absolute Gasteiger partial charge is 0.359 e. The molecule has 0 aliphatic carbocycles. The summed E-state index contributed by atoms with van der Waals surface area (Å²) in [6.07, 6.45) is 6.00. The van der Waals surface area contributed by atoms with Gasteiger partial charge in [-0.2, -0.15) is 0 Å². The quantitative estimate of drug-likeness (QED) is 0.739. The molecular weight excluding hydrogens is 331 g/mol. The van der Waals surface area contributed by atoms with Crippen LogP contribution in [0.15, 0.2) is 67.1 Å². The molecule has 0 bridgehead atoms. The van der Waals surface area contributed by atoms with Crippen LogP contribution in [0.3, 0.4) is 0 Å². The van der Waals surface area contributed by atoms with Crippen LogP contribution in [0.5, 0.6) is 0 Å². The molecule has 3 rings (SSSR count). The fourth-order valence-electron chi connectivity index (χ4n) is 2.49. The number of nitrogens with zero attached hydrogens (tertiary/aromatic N) is 3. The van der Waals surface area contributed by atoms with Gasteiger partial charge in [-0.3, -0.25) is 9.78 Å². The van der Waals surface area contributed by atoms with E-state index in [1.165, 1.54) is 17.7 Å². The summed E-state index contributed by atoms with van der Waals surface area (Å²) < 4.78 is 13.7. The van der Waals surface area contributed by atoms with Gasteiger partial charge in [-0.25, -0.2) is 9.37 Å². The topological polar surface area (TPSA) is 58.1 Å². The first kappa shape index (κ1) is 17.5. The first-order valence-electron chi connectivity index (χ1n) is 8.25. The lowest BCUT2D eigenvalue weighted by Gasteiger charge is -2.18. The van der Waals surface area contributed by atoms with Gasteiger partial charge in [0.05, 0.1) is 17.4 Å². The van der Waals surface area contributed by atoms with Crippen LogP contribution in [-0.2, 0) is 6.42 Å². The van der Waals surface area contributed by atoms with Crippen molar-refractivity contribution in [3.63, 3.8) is 0 Å². The van der Waals surface area contributed by atoms with Crippen molar-refractivity contribution in [1.29, 1.82) is 0 Å². The number of aromatic nitrogens is 2. The molecule has 2 aromatic heterocycles. The van der Waals surface area contributed by atoms with Crippen LogP contribution < -0.4 is 10.2 Å². The van der Waals surface area contributed by atoms with Crippen LogP contribution >= 0.6 is 0 Å². The van der Waals surface area contributed by atoms with E-state index >= 15 is 0 Å². The average Bonchev–Trinajstić information content (AvgIpc) is 2.68. The van der Waals surface area contributed by atoms with E-state index in [4.69, 9.17) is 0 Å². The van der Waals surface area contributed by atoms with E-state index in [1.54, 1.807) is 36.8 Å². The fraction of sp³-hybridized carbons (Fsp3) is 0.150. The molecule has 0 spiro atoms. The molecule has 1 N–H and O–H groups in total. The second kappa shape index (κ2) is 8.20. The van der Waals surface area contributed by atoms with Crippen LogP contribution in [0, 0.1) is 5.82 Å². The minimum atomic E-state index is -0.551. The Morgan fingerprint density at radius 2 is 1.88 bits per heavy atom. The highest BCUT2D eigenvalue weighted by atomic mass is 19.1. The number of halogens is 1. The van der Waals surface area contributed by atoms with Crippen molar-refractivity contribution in [1.82, 2.24) is 9.97 Å². The van der Waals surface area contributed by atoms with Crippen molar-refractivity contribution in [2.24, 2.45) is 0 Å². The summed E-state index contributed by atoms with van der Waals surface area (Å²) in [6, 6.07) is 13.4. The molecule has 26 heavy (non-hydrogen) atoms. The number of carbonyl (C=O) groups is 1. The number of pyridine rings is 2. The van der Waals surface area contributed by atoms with Crippen LogP contribution in [0.1, 0.15) is 15.9 Å². The summed E-state index contributed by atoms with van der Waals surface area (Å²) in [5.41, 5.74) is 1.73. The molecule has 1 amide bonds. The molecule has 0 unspecified atom stereocenters. The van der Waals surface area contributed by atoms with E-state index in [1.807, 2.05) is 30.1 Å². The number of anilines is 2. The summed E-state index contributed by atoms with van der Waals surface area (Å²) in [5, 5.41) is 2.66. The Morgan fingerprint density at radius 3 is 2.58 bits per heavy atom. The Kier molecular flexibility index (Phi) is 5.53. The average molecular weight is 350 g/mol. The molecule has 0 saturated carbocycles. The molecule has 0 fully saturated rings. The fourth-order valence-corrected chi connectivity index (χ4v) is 2.49. The van der Waals surface area contributed by atoms with Gasteiger partial charge in [0.2, 0.25) is 0 Å². The Labute approximate surface area is 151 Å². The summed E-state index contributed by atoms with van der Waals surface area (Å²) in [7, 11) is 1.96. The first-order valence-corrected chi connectivity index (χ1v) is 8.25. The number of hydrogen-bond acceptors (Lipinski definition) is 4. The molecule has 3 aromatic rings. The van der Waals surface area contributed by atoms with Crippen molar-refractivity contribution in [2.75, 3.05) is 23.8 Å². The third kappa shape index (κ3) is 4.42. The van der Waals surface area contributed by atoms with Gasteiger partial charge in [0, 0.05) is 26.0 Å². The number of amides is 1. The van der Waals surface area contributed by atoms with Crippen molar-refractivity contribution in [2.45, 2.75) is 6.42 Å². The Hall–Kier alpha value is -3.28. The Balaban J connectivity index is 1.59. The number of nitrogens with one attached hydrogen (secondary N) is 1. The Morgan fingerprint density at radius 1 is 1.12 bits per heavy atom. The van der Waals surface area contributed by atoms with Gasteiger partial charge in [-0.1, -0.05) is 12.1 Å². The molecule has 0 atom stereocenters. The third-order valence-electron chi connectivity index (χ3n) is 4.00. The van der Waals surface area contributed by atoms with Crippen LogP contribution in [0.4, 0.5) is 15.9 Å². The summed E-state index contributed by atoms with van der Waals surface area (Å²) in [6.45, 7) is 0.804. The molecule has 0 radical (unpaired) electrons. The molecule has 5 nitrogen and oxygen atoms in total. The minimum absolute atomic E-state index is 0.00560. The van der Waals surface area contributed by atoms with Gasteiger partial charge in [0.15, 0.2) is 0 Å². The van der Waals surface area contributed by atoms with E-state index < -0.39 is 11.7 Å². The van der Waals surface area contributed by atoms with Gasteiger partial charge < -0.3 is 10.2 Å². The highest BCUT2D eigenvalue weighted by molar-refractivity contribution is 6.04. The minimum Gasteiger partial charge on any atom is -0.359 e. The lowest BCUT2D eigenvalue weighted by atomic mass is 10.2. The first-order chi connectivity index (χ1) is 12.6. The monoisotopic (exact) mass is 350 g/mol. The molecule has 0 aliphatic heterocycles. The molecule has 6 heteroatoms. The predicted octanol–water partition coefficient (Wildman–Crippen LogP) is 3.55. The normalized spacial score (nSPS) is 10.4. The van der Waals surface area contributed by atoms with Crippen LogP contribution in [-0.4, -0.2) is 29.5 Å². The molecule has 0 aliphatic rings. The lowest BCUT2D eigenvalue weighted by molar-refractivity contribution is 0.102. The van der Waals surface area contributed by atoms with E-state index in [0.717, 1.165) is 18.8 Å². The number of carbonyl (C=O) groups excluding carboxylic acids is 1. The highest BCUT2D eigenvalue weighted by Gasteiger charge is 2.11. The summed E-state index contributed by atoms with van der Waals surface area (Å²) in [4.78, 5) is 22.5.